The molecule has 0 aromatic carbocycles. The van der Waals surface area contributed by atoms with Gasteiger partial charge in [-0.25, -0.2) is 0 Å². The van der Waals surface area contributed by atoms with Gasteiger partial charge in [0.15, 0.2) is 5.17 Å². The Morgan fingerprint density at radius 3 is 2.86 bits per heavy atom. The molecule has 0 aromatic rings. The second kappa shape index (κ2) is 4.56. The normalized spacial score (nSPS) is 37.3. The van der Waals surface area contributed by atoms with Crippen molar-refractivity contribution in [1.29, 1.82) is 0 Å². The highest BCUT2D eigenvalue weighted by molar-refractivity contribution is 8.14. The molecule has 0 aromatic heterocycles. The molecule has 80 valence electrons. The van der Waals surface area contributed by atoms with Crippen LogP contribution in [0.5, 0.6) is 0 Å². The van der Waals surface area contributed by atoms with Crippen molar-refractivity contribution < 1.29 is 0 Å². The minimum atomic E-state index is 0.679. The highest BCUT2D eigenvalue weighted by atomic mass is 32.2. The van der Waals surface area contributed by atoms with E-state index >= 15 is 0 Å². The van der Waals surface area contributed by atoms with Crippen LogP contribution >= 0.6 is 11.8 Å². The first kappa shape index (κ1) is 10.3. The molecule has 1 fully saturated rings. The van der Waals surface area contributed by atoms with E-state index in [9.17, 15) is 0 Å². The maximum absolute atomic E-state index is 4.47. The fraction of sp³-hybridized carbons (Fsp3) is 0.909. The zero-order valence-corrected chi connectivity index (χ0v) is 9.94. The molecule has 3 unspecified atom stereocenters. The number of amidine groups is 1. The quantitative estimate of drug-likeness (QED) is 0.760. The van der Waals surface area contributed by atoms with E-state index in [1.54, 1.807) is 0 Å². The Hall–Kier alpha value is -0.180. The maximum Gasteiger partial charge on any atom is 0.156 e. The van der Waals surface area contributed by atoms with Gasteiger partial charge in [-0.1, -0.05) is 38.5 Å². The summed E-state index contributed by atoms with van der Waals surface area (Å²) in [4.78, 5) is 4.47. The molecule has 2 aliphatic rings. The predicted molar refractivity (Wildman–Crippen MR) is 63.9 cm³/mol. The fourth-order valence-electron chi connectivity index (χ4n) is 2.32. The van der Waals surface area contributed by atoms with Crippen LogP contribution in [-0.4, -0.2) is 23.5 Å². The molecule has 1 aliphatic carbocycles. The highest BCUT2D eigenvalue weighted by Crippen LogP contribution is 2.30. The molecule has 1 saturated carbocycles. The standard InChI is InChI=1S/C11H20N2S/c1-8-4-3-5-10(8)7-13-11-12-6-9(2)14-11/h8-10H,3-7H2,1-2H3,(H,12,13). The third kappa shape index (κ3) is 2.44. The van der Waals surface area contributed by atoms with Crippen molar-refractivity contribution in [2.75, 3.05) is 13.1 Å². The topological polar surface area (TPSA) is 24.4 Å². The van der Waals surface area contributed by atoms with Crippen LogP contribution in [0.25, 0.3) is 0 Å². The second-order valence-corrected chi connectivity index (χ2v) is 6.05. The zero-order chi connectivity index (χ0) is 9.97. The molecule has 2 nitrogen and oxygen atoms in total. The van der Waals surface area contributed by atoms with Crippen LogP contribution in [-0.2, 0) is 0 Å². The van der Waals surface area contributed by atoms with Gasteiger partial charge in [0.25, 0.3) is 0 Å². The lowest BCUT2D eigenvalue weighted by molar-refractivity contribution is 0.416. The average molecular weight is 212 g/mol. The highest BCUT2D eigenvalue weighted by Gasteiger charge is 2.24. The Bertz CT molecular complexity index is 227. The zero-order valence-electron chi connectivity index (χ0n) is 9.12. The van der Waals surface area contributed by atoms with Crippen LogP contribution in [0.15, 0.2) is 4.99 Å². The molecule has 0 radical (unpaired) electrons. The van der Waals surface area contributed by atoms with E-state index in [-0.39, 0.29) is 0 Å². The first-order chi connectivity index (χ1) is 6.75. The van der Waals surface area contributed by atoms with Crippen LogP contribution in [0.3, 0.4) is 0 Å². The summed E-state index contributed by atoms with van der Waals surface area (Å²) in [7, 11) is 0. The lowest BCUT2D eigenvalue weighted by atomic mass is 9.98. The third-order valence-corrected chi connectivity index (χ3v) is 4.41. The Morgan fingerprint density at radius 1 is 1.43 bits per heavy atom. The Labute approximate surface area is 90.9 Å². The monoisotopic (exact) mass is 212 g/mol. The average Bonchev–Trinajstić information content (AvgIpc) is 2.72. The van der Waals surface area contributed by atoms with E-state index in [0.29, 0.717) is 5.25 Å². The first-order valence-electron chi connectivity index (χ1n) is 5.70. The van der Waals surface area contributed by atoms with Crippen molar-refractivity contribution in [3.05, 3.63) is 0 Å². The Kier molecular flexibility index (Phi) is 3.37. The molecule has 1 N–H and O–H groups in total. The van der Waals surface area contributed by atoms with Crippen LogP contribution in [0, 0.1) is 11.8 Å². The summed E-state index contributed by atoms with van der Waals surface area (Å²) in [6.07, 6.45) is 4.24. The lowest BCUT2D eigenvalue weighted by Gasteiger charge is -2.16. The summed E-state index contributed by atoms with van der Waals surface area (Å²) in [6, 6.07) is 0. The molecule has 1 heterocycles. The molecule has 2 rings (SSSR count). The van der Waals surface area contributed by atoms with Crippen molar-refractivity contribution in [3.63, 3.8) is 0 Å². The van der Waals surface area contributed by atoms with Crippen molar-refractivity contribution >= 4 is 16.9 Å². The van der Waals surface area contributed by atoms with Gasteiger partial charge < -0.3 is 5.32 Å². The molecule has 0 saturated heterocycles. The fourth-order valence-corrected chi connectivity index (χ4v) is 3.16. The largest absolute Gasteiger partial charge is 0.365 e. The molecule has 1 aliphatic heterocycles. The van der Waals surface area contributed by atoms with E-state index in [4.69, 9.17) is 0 Å². The van der Waals surface area contributed by atoms with E-state index in [1.807, 2.05) is 11.8 Å². The SMILES string of the molecule is CC1CN=C(NCC2CCCC2C)S1. The number of nitrogens with zero attached hydrogens (tertiary/aromatic N) is 1. The van der Waals surface area contributed by atoms with Crippen molar-refractivity contribution in [2.45, 2.75) is 38.4 Å². The molecular formula is C11H20N2S. The molecule has 3 heteroatoms. The minimum Gasteiger partial charge on any atom is -0.365 e. The lowest BCUT2D eigenvalue weighted by Crippen LogP contribution is -2.27. The number of rotatable bonds is 2. The van der Waals surface area contributed by atoms with Gasteiger partial charge in [0.05, 0.1) is 6.54 Å². The predicted octanol–water partition coefficient (Wildman–Crippen LogP) is 2.50. The summed E-state index contributed by atoms with van der Waals surface area (Å²) in [5.74, 6) is 1.79. The van der Waals surface area contributed by atoms with Gasteiger partial charge in [-0.15, -0.1) is 0 Å². The number of hydrogen-bond donors (Lipinski definition) is 1. The smallest absolute Gasteiger partial charge is 0.156 e. The summed E-state index contributed by atoms with van der Waals surface area (Å²) in [5.41, 5.74) is 0. The van der Waals surface area contributed by atoms with Gasteiger partial charge >= 0.3 is 0 Å². The second-order valence-electron chi connectivity index (χ2n) is 4.62. The van der Waals surface area contributed by atoms with Crippen LogP contribution < -0.4 is 5.32 Å². The van der Waals surface area contributed by atoms with E-state index in [1.165, 1.54) is 24.4 Å². The maximum atomic E-state index is 4.47. The van der Waals surface area contributed by atoms with Crippen LogP contribution in [0.1, 0.15) is 33.1 Å². The van der Waals surface area contributed by atoms with Crippen molar-refractivity contribution in [3.8, 4) is 0 Å². The van der Waals surface area contributed by atoms with Crippen LogP contribution in [0.4, 0.5) is 0 Å². The van der Waals surface area contributed by atoms with Gasteiger partial charge in [-0.3, -0.25) is 4.99 Å². The number of thioether (sulfide) groups is 1. The minimum absolute atomic E-state index is 0.679. The Balaban J connectivity index is 1.72. The number of hydrogen-bond acceptors (Lipinski definition) is 3. The summed E-state index contributed by atoms with van der Waals surface area (Å²) in [6.45, 7) is 6.75. The van der Waals surface area contributed by atoms with E-state index in [2.05, 4.69) is 24.2 Å². The summed E-state index contributed by atoms with van der Waals surface area (Å²) < 4.78 is 0. The van der Waals surface area contributed by atoms with E-state index in [0.717, 1.165) is 24.9 Å². The molecule has 0 spiro atoms. The molecule has 3 atom stereocenters. The number of nitrogens with one attached hydrogen (secondary N) is 1. The van der Waals surface area contributed by atoms with Crippen LogP contribution in [0.2, 0.25) is 0 Å². The van der Waals surface area contributed by atoms with Crippen molar-refractivity contribution in [1.82, 2.24) is 5.32 Å². The van der Waals surface area contributed by atoms with Gasteiger partial charge in [0.1, 0.15) is 0 Å². The Morgan fingerprint density at radius 2 is 2.29 bits per heavy atom. The molecule has 0 bridgehead atoms. The van der Waals surface area contributed by atoms with E-state index < -0.39 is 0 Å². The molecule has 0 amide bonds. The third-order valence-electron chi connectivity index (χ3n) is 3.36. The molecule has 14 heavy (non-hydrogen) atoms. The summed E-state index contributed by atoms with van der Waals surface area (Å²) in [5, 5.41) is 5.35. The summed E-state index contributed by atoms with van der Waals surface area (Å²) >= 11 is 1.89. The van der Waals surface area contributed by atoms with Gasteiger partial charge in [-0.05, 0) is 18.3 Å². The first-order valence-corrected chi connectivity index (χ1v) is 6.58. The molecular weight excluding hydrogens is 192 g/mol. The van der Waals surface area contributed by atoms with Gasteiger partial charge in [0, 0.05) is 11.8 Å². The van der Waals surface area contributed by atoms with Gasteiger partial charge in [0.2, 0.25) is 0 Å². The van der Waals surface area contributed by atoms with Crippen molar-refractivity contribution in [2.24, 2.45) is 16.8 Å². The van der Waals surface area contributed by atoms with Gasteiger partial charge in [-0.2, -0.15) is 0 Å². The number of aliphatic imine (C=N–C) groups is 1.